The number of hydrogen-bond acceptors (Lipinski definition) is 2. The van der Waals surface area contributed by atoms with Gasteiger partial charge >= 0.3 is 0 Å². The standard InChI is InChI=1S/C22H19ClN2/c1-15-8-9-16(2)25-14-18(10-11-21(15)25)20-7-4-12-24-22(20)17-5-3-6-19(23)13-17/h3-7,9-14H,8H2,1-2H3. The maximum Gasteiger partial charge on any atom is 0.0781 e. The van der Waals surface area contributed by atoms with Crippen LogP contribution in [-0.2, 0) is 0 Å². The summed E-state index contributed by atoms with van der Waals surface area (Å²) < 4.78 is 0. The maximum atomic E-state index is 6.18. The van der Waals surface area contributed by atoms with Gasteiger partial charge in [0.15, 0.2) is 0 Å². The van der Waals surface area contributed by atoms with Crippen molar-refractivity contribution in [3.8, 4) is 11.3 Å². The van der Waals surface area contributed by atoms with Gasteiger partial charge in [-0.05, 0) is 50.1 Å². The zero-order valence-corrected chi connectivity index (χ0v) is 15.1. The molecule has 2 aliphatic heterocycles. The Labute approximate surface area is 153 Å². The Bertz CT molecular complexity index is 963. The van der Waals surface area contributed by atoms with Gasteiger partial charge in [0, 0.05) is 45.5 Å². The molecule has 1 aromatic heterocycles. The fourth-order valence-electron chi connectivity index (χ4n) is 3.31. The molecule has 0 atom stereocenters. The van der Waals surface area contributed by atoms with Crippen LogP contribution in [0.2, 0.25) is 5.02 Å². The van der Waals surface area contributed by atoms with Gasteiger partial charge in [0.25, 0.3) is 0 Å². The number of benzene rings is 1. The van der Waals surface area contributed by atoms with E-state index in [1.807, 2.05) is 36.5 Å². The summed E-state index contributed by atoms with van der Waals surface area (Å²) in [6.45, 7) is 4.34. The van der Waals surface area contributed by atoms with Gasteiger partial charge in [-0.1, -0.05) is 42.0 Å². The molecule has 25 heavy (non-hydrogen) atoms. The highest BCUT2D eigenvalue weighted by Crippen LogP contribution is 2.36. The van der Waals surface area contributed by atoms with Crippen molar-refractivity contribution in [2.75, 3.05) is 0 Å². The molecule has 0 saturated carbocycles. The number of hydrogen-bond donors (Lipinski definition) is 0. The molecule has 2 aromatic rings. The third-order valence-electron chi connectivity index (χ3n) is 4.69. The Kier molecular flexibility index (Phi) is 4.06. The largest absolute Gasteiger partial charge is 0.321 e. The second kappa shape index (κ2) is 6.38. The van der Waals surface area contributed by atoms with E-state index in [0.29, 0.717) is 0 Å². The molecule has 0 fully saturated rings. The summed E-state index contributed by atoms with van der Waals surface area (Å²) in [5.74, 6) is 0. The van der Waals surface area contributed by atoms with Crippen molar-refractivity contribution in [3.05, 3.63) is 94.6 Å². The highest BCUT2D eigenvalue weighted by atomic mass is 35.5. The van der Waals surface area contributed by atoms with Gasteiger partial charge in [-0.2, -0.15) is 0 Å². The molecule has 2 aliphatic rings. The van der Waals surface area contributed by atoms with E-state index >= 15 is 0 Å². The molecule has 0 bridgehead atoms. The van der Waals surface area contributed by atoms with Crippen molar-refractivity contribution >= 4 is 17.2 Å². The lowest BCUT2D eigenvalue weighted by molar-refractivity contribution is 0.566. The lowest BCUT2D eigenvalue weighted by Crippen LogP contribution is -2.20. The molecule has 0 aliphatic carbocycles. The number of nitrogens with zero attached hydrogens (tertiary/aromatic N) is 2. The monoisotopic (exact) mass is 346 g/mol. The summed E-state index contributed by atoms with van der Waals surface area (Å²) in [7, 11) is 0. The van der Waals surface area contributed by atoms with Gasteiger partial charge in [0.1, 0.15) is 0 Å². The van der Waals surface area contributed by atoms with E-state index in [0.717, 1.165) is 33.8 Å². The molecule has 0 N–H and O–H groups in total. The minimum absolute atomic E-state index is 0.720. The average Bonchev–Trinajstić information content (AvgIpc) is 2.64. The zero-order valence-electron chi connectivity index (χ0n) is 14.3. The Balaban J connectivity index is 1.82. The van der Waals surface area contributed by atoms with E-state index in [2.05, 4.69) is 54.2 Å². The maximum absolute atomic E-state index is 6.18. The summed E-state index contributed by atoms with van der Waals surface area (Å²) in [4.78, 5) is 6.89. The Morgan fingerprint density at radius 1 is 1.08 bits per heavy atom. The van der Waals surface area contributed by atoms with E-state index in [1.54, 1.807) is 0 Å². The van der Waals surface area contributed by atoms with Gasteiger partial charge in [-0.3, -0.25) is 4.98 Å². The first-order valence-corrected chi connectivity index (χ1v) is 8.78. The smallest absolute Gasteiger partial charge is 0.0781 e. The molecular formula is C22H19ClN2. The SMILES string of the molecule is CC1=CCC(C)=C2C=CC(c3cccnc3-c3cccc(Cl)c3)=CN12. The van der Waals surface area contributed by atoms with Gasteiger partial charge in [0.2, 0.25) is 0 Å². The van der Waals surface area contributed by atoms with E-state index in [-0.39, 0.29) is 0 Å². The number of aromatic nitrogens is 1. The zero-order chi connectivity index (χ0) is 17.4. The summed E-state index contributed by atoms with van der Waals surface area (Å²) in [6.07, 6.45) is 11.7. The highest BCUT2D eigenvalue weighted by Gasteiger charge is 2.20. The third-order valence-corrected chi connectivity index (χ3v) is 4.92. The summed E-state index contributed by atoms with van der Waals surface area (Å²) in [5.41, 5.74) is 8.15. The highest BCUT2D eigenvalue weighted by molar-refractivity contribution is 6.30. The topological polar surface area (TPSA) is 16.1 Å². The minimum atomic E-state index is 0.720. The molecule has 0 saturated heterocycles. The lowest BCUT2D eigenvalue weighted by atomic mass is 9.95. The van der Waals surface area contributed by atoms with E-state index in [4.69, 9.17) is 11.6 Å². The number of fused-ring (bicyclic) bond motifs is 1. The molecule has 3 heteroatoms. The summed E-state index contributed by atoms with van der Waals surface area (Å²) in [5, 5.41) is 0.720. The number of pyridine rings is 1. The van der Waals surface area contributed by atoms with E-state index in [1.165, 1.54) is 17.0 Å². The van der Waals surface area contributed by atoms with Crippen LogP contribution in [-0.4, -0.2) is 9.88 Å². The molecule has 3 heterocycles. The van der Waals surface area contributed by atoms with Crippen LogP contribution in [0.15, 0.2) is 84.0 Å². The molecule has 0 spiro atoms. The Morgan fingerprint density at radius 2 is 1.96 bits per heavy atom. The van der Waals surface area contributed by atoms with Gasteiger partial charge < -0.3 is 4.90 Å². The second-order valence-corrected chi connectivity index (χ2v) is 6.85. The molecule has 0 radical (unpaired) electrons. The summed E-state index contributed by atoms with van der Waals surface area (Å²) in [6, 6.07) is 11.9. The van der Waals surface area contributed by atoms with Crippen LogP contribution in [0.25, 0.3) is 16.8 Å². The molecular weight excluding hydrogens is 328 g/mol. The van der Waals surface area contributed by atoms with Gasteiger partial charge in [-0.15, -0.1) is 0 Å². The average molecular weight is 347 g/mol. The molecule has 2 nitrogen and oxygen atoms in total. The van der Waals surface area contributed by atoms with Crippen LogP contribution in [0.4, 0.5) is 0 Å². The second-order valence-electron chi connectivity index (χ2n) is 6.41. The van der Waals surface area contributed by atoms with Crippen molar-refractivity contribution in [3.63, 3.8) is 0 Å². The van der Waals surface area contributed by atoms with Crippen LogP contribution in [0.3, 0.4) is 0 Å². The van der Waals surface area contributed by atoms with Crippen LogP contribution in [0.1, 0.15) is 25.8 Å². The first-order valence-electron chi connectivity index (χ1n) is 8.40. The van der Waals surface area contributed by atoms with Crippen LogP contribution in [0.5, 0.6) is 0 Å². The summed E-state index contributed by atoms with van der Waals surface area (Å²) >= 11 is 6.18. The fraction of sp³-hybridized carbons (Fsp3) is 0.136. The first kappa shape index (κ1) is 15.9. The molecule has 124 valence electrons. The predicted octanol–water partition coefficient (Wildman–Crippen LogP) is 6.20. The molecule has 4 rings (SSSR count). The normalized spacial score (nSPS) is 16.5. The molecule has 1 aromatic carbocycles. The molecule has 0 amide bonds. The lowest BCUT2D eigenvalue weighted by Gasteiger charge is -2.31. The third kappa shape index (κ3) is 2.94. The van der Waals surface area contributed by atoms with Crippen LogP contribution < -0.4 is 0 Å². The Hall–Kier alpha value is -2.58. The van der Waals surface area contributed by atoms with Crippen molar-refractivity contribution in [2.24, 2.45) is 0 Å². The Morgan fingerprint density at radius 3 is 2.80 bits per heavy atom. The quantitative estimate of drug-likeness (QED) is 0.643. The predicted molar refractivity (Wildman–Crippen MR) is 105 cm³/mol. The van der Waals surface area contributed by atoms with Crippen LogP contribution >= 0.6 is 11.6 Å². The van der Waals surface area contributed by atoms with Crippen molar-refractivity contribution in [1.29, 1.82) is 0 Å². The van der Waals surface area contributed by atoms with Crippen LogP contribution in [0, 0.1) is 0 Å². The number of allylic oxidation sites excluding steroid dienone is 6. The minimum Gasteiger partial charge on any atom is -0.321 e. The van der Waals surface area contributed by atoms with Crippen molar-refractivity contribution in [1.82, 2.24) is 9.88 Å². The van der Waals surface area contributed by atoms with Gasteiger partial charge in [0.05, 0.1) is 5.69 Å². The van der Waals surface area contributed by atoms with E-state index in [9.17, 15) is 0 Å². The van der Waals surface area contributed by atoms with E-state index < -0.39 is 0 Å². The first-order chi connectivity index (χ1) is 12.1. The number of halogens is 1. The number of rotatable bonds is 2. The van der Waals surface area contributed by atoms with Gasteiger partial charge in [-0.25, -0.2) is 0 Å². The van der Waals surface area contributed by atoms with Crippen molar-refractivity contribution in [2.45, 2.75) is 20.3 Å². The fourth-order valence-corrected chi connectivity index (χ4v) is 3.50. The molecule has 0 unspecified atom stereocenters. The van der Waals surface area contributed by atoms with Crippen molar-refractivity contribution < 1.29 is 0 Å².